The Morgan fingerprint density at radius 3 is 2.80 bits per heavy atom. The number of hydrogen-bond donors (Lipinski definition) is 0. The zero-order valence-electron chi connectivity index (χ0n) is 16.1. The monoisotopic (exact) mass is 530 g/mol. The zero-order chi connectivity index (χ0) is 20.5. The lowest BCUT2D eigenvalue weighted by atomic mass is 10.1. The van der Waals surface area contributed by atoms with Crippen molar-refractivity contribution in [1.29, 1.82) is 0 Å². The van der Waals surface area contributed by atoms with E-state index in [9.17, 15) is 4.79 Å². The van der Waals surface area contributed by atoms with Gasteiger partial charge in [-0.1, -0.05) is 30.0 Å². The molecule has 2 aromatic carbocycles. The van der Waals surface area contributed by atoms with Gasteiger partial charge in [-0.3, -0.25) is 4.57 Å². The van der Waals surface area contributed by atoms with Crippen molar-refractivity contribution in [3.63, 3.8) is 0 Å². The Morgan fingerprint density at radius 1 is 1.17 bits per heavy atom. The van der Waals surface area contributed by atoms with Crippen molar-refractivity contribution in [3.05, 3.63) is 74.8 Å². The Bertz CT molecular complexity index is 1240. The Morgan fingerprint density at radius 2 is 2.00 bits per heavy atom. The fourth-order valence-corrected chi connectivity index (χ4v) is 4.98. The van der Waals surface area contributed by atoms with Crippen molar-refractivity contribution in [1.82, 2.24) is 9.55 Å². The lowest BCUT2D eigenvalue weighted by molar-refractivity contribution is 0.129. The first-order chi connectivity index (χ1) is 14.7. The molecule has 4 aromatic rings. The average molecular weight is 530 g/mol. The molecular formula is C23H19IN2O3S. The molecule has 152 valence electrons. The third kappa shape index (κ3) is 4.06. The maximum Gasteiger partial charge on any atom is 0.345 e. The molecule has 0 radical (unpaired) electrons. The molecule has 7 heteroatoms. The highest BCUT2D eigenvalue weighted by Gasteiger charge is 2.20. The van der Waals surface area contributed by atoms with Gasteiger partial charge in [0.2, 0.25) is 0 Å². The maximum absolute atomic E-state index is 12.7. The van der Waals surface area contributed by atoms with Crippen LogP contribution in [0.4, 0.5) is 0 Å². The summed E-state index contributed by atoms with van der Waals surface area (Å²) in [5.74, 6) is 0.840. The first-order valence-corrected chi connectivity index (χ1v) is 11.9. The predicted molar refractivity (Wildman–Crippen MR) is 127 cm³/mol. The first kappa shape index (κ1) is 19.8. The third-order valence-corrected chi connectivity index (χ3v) is 6.92. The van der Waals surface area contributed by atoms with E-state index >= 15 is 0 Å². The molecule has 1 saturated heterocycles. The van der Waals surface area contributed by atoms with Crippen LogP contribution in [0.15, 0.2) is 75.2 Å². The summed E-state index contributed by atoms with van der Waals surface area (Å²) >= 11 is 3.95. The molecule has 0 saturated carbocycles. The van der Waals surface area contributed by atoms with Gasteiger partial charge in [0.15, 0.2) is 5.16 Å². The van der Waals surface area contributed by atoms with Gasteiger partial charge in [-0.25, -0.2) is 9.78 Å². The van der Waals surface area contributed by atoms with Crippen molar-refractivity contribution < 1.29 is 9.15 Å². The second kappa shape index (κ2) is 8.56. The van der Waals surface area contributed by atoms with Gasteiger partial charge in [0.05, 0.1) is 17.4 Å². The topological polar surface area (TPSA) is 57.3 Å². The SMILES string of the molecule is O=c1oc2ccccc2cc1-c1cn(-c2ccc(I)cc2)c(SCC2CCCO2)n1. The van der Waals surface area contributed by atoms with Gasteiger partial charge in [0, 0.05) is 33.2 Å². The highest BCUT2D eigenvalue weighted by atomic mass is 127. The van der Waals surface area contributed by atoms with Gasteiger partial charge in [-0.2, -0.15) is 0 Å². The zero-order valence-corrected chi connectivity index (χ0v) is 19.1. The number of imidazole rings is 1. The molecule has 5 nitrogen and oxygen atoms in total. The number of thioether (sulfide) groups is 1. The van der Waals surface area contributed by atoms with Crippen LogP contribution >= 0.6 is 34.4 Å². The van der Waals surface area contributed by atoms with E-state index in [1.165, 1.54) is 3.57 Å². The number of rotatable bonds is 5. The second-order valence-electron chi connectivity index (χ2n) is 7.19. The lowest BCUT2D eigenvalue weighted by Crippen LogP contribution is -2.08. The largest absolute Gasteiger partial charge is 0.422 e. The molecule has 2 aromatic heterocycles. The van der Waals surface area contributed by atoms with E-state index in [2.05, 4.69) is 46.9 Å². The van der Waals surface area contributed by atoms with Crippen LogP contribution in [0, 0.1) is 3.57 Å². The van der Waals surface area contributed by atoms with Crippen molar-refractivity contribution in [2.75, 3.05) is 12.4 Å². The summed E-state index contributed by atoms with van der Waals surface area (Å²) in [5, 5.41) is 1.72. The van der Waals surface area contributed by atoms with Crippen LogP contribution in [-0.4, -0.2) is 28.0 Å². The van der Waals surface area contributed by atoms with Crippen LogP contribution in [0.25, 0.3) is 27.9 Å². The van der Waals surface area contributed by atoms with Crippen LogP contribution in [0.1, 0.15) is 12.8 Å². The minimum atomic E-state index is -0.378. The molecule has 1 fully saturated rings. The normalized spacial score (nSPS) is 16.4. The summed E-state index contributed by atoms with van der Waals surface area (Å²) in [6, 6.07) is 17.6. The van der Waals surface area contributed by atoms with E-state index in [1.807, 2.05) is 35.0 Å². The van der Waals surface area contributed by atoms with Crippen molar-refractivity contribution in [3.8, 4) is 16.9 Å². The smallest absolute Gasteiger partial charge is 0.345 e. The van der Waals surface area contributed by atoms with Gasteiger partial charge in [0.1, 0.15) is 5.58 Å². The summed E-state index contributed by atoms with van der Waals surface area (Å²) in [7, 11) is 0. The number of halogens is 1. The Balaban J connectivity index is 1.57. The van der Waals surface area contributed by atoms with Gasteiger partial charge in [-0.15, -0.1) is 0 Å². The quantitative estimate of drug-likeness (QED) is 0.193. The summed E-state index contributed by atoms with van der Waals surface area (Å²) < 4.78 is 14.5. The van der Waals surface area contributed by atoms with E-state index in [1.54, 1.807) is 17.8 Å². The van der Waals surface area contributed by atoms with Crippen molar-refractivity contribution in [2.45, 2.75) is 24.1 Å². The second-order valence-corrected chi connectivity index (χ2v) is 9.42. The van der Waals surface area contributed by atoms with Crippen LogP contribution < -0.4 is 5.63 Å². The van der Waals surface area contributed by atoms with Crippen molar-refractivity contribution in [2.24, 2.45) is 0 Å². The van der Waals surface area contributed by atoms with E-state index in [0.717, 1.165) is 41.4 Å². The number of nitrogens with zero attached hydrogens (tertiary/aromatic N) is 2. The molecule has 3 heterocycles. The molecule has 1 atom stereocenters. The molecular weight excluding hydrogens is 511 g/mol. The lowest BCUT2D eigenvalue weighted by Gasteiger charge is -2.10. The Hall–Kier alpha value is -2.10. The van der Waals surface area contributed by atoms with Gasteiger partial charge in [0.25, 0.3) is 0 Å². The maximum atomic E-state index is 12.7. The molecule has 30 heavy (non-hydrogen) atoms. The number of ether oxygens (including phenoxy) is 1. The van der Waals surface area contributed by atoms with E-state index in [0.29, 0.717) is 16.8 Å². The summed E-state index contributed by atoms with van der Waals surface area (Å²) in [6.45, 7) is 0.834. The summed E-state index contributed by atoms with van der Waals surface area (Å²) in [4.78, 5) is 17.5. The number of benzene rings is 2. The molecule has 0 aliphatic carbocycles. The molecule has 0 spiro atoms. The van der Waals surface area contributed by atoms with E-state index in [4.69, 9.17) is 14.1 Å². The van der Waals surface area contributed by atoms with Gasteiger partial charge < -0.3 is 9.15 Å². The third-order valence-electron chi connectivity index (χ3n) is 5.12. The van der Waals surface area contributed by atoms with Crippen LogP contribution in [0.5, 0.6) is 0 Å². The molecule has 1 aliphatic rings. The minimum absolute atomic E-state index is 0.256. The predicted octanol–water partition coefficient (Wildman–Crippen LogP) is 5.52. The minimum Gasteiger partial charge on any atom is -0.422 e. The fraction of sp³-hybridized carbons (Fsp3) is 0.217. The highest BCUT2D eigenvalue weighted by molar-refractivity contribution is 14.1. The van der Waals surface area contributed by atoms with E-state index in [-0.39, 0.29) is 11.7 Å². The standard InChI is InChI=1S/C23H19IN2O3S/c24-16-7-9-17(10-8-16)26-13-20(25-23(26)30-14-18-5-3-11-28-18)19-12-15-4-1-2-6-21(15)29-22(19)27/h1-2,4,6-10,12-13,18H,3,5,11,14H2. The Kier molecular flexibility index (Phi) is 5.66. The summed E-state index contributed by atoms with van der Waals surface area (Å²) in [5.41, 5.74) is 2.29. The number of para-hydroxylation sites is 1. The Labute approximate surface area is 191 Å². The highest BCUT2D eigenvalue weighted by Crippen LogP contribution is 2.29. The van der Waals surface area contributed by atoms with Crippen molar-refractivity contribution >= 4 is 45.3 Å². The van der Waals surface area contributed by atoms with E-state index < -0.39 is 0 Å². The molecule has 0 amide bonds. The molecule has 5 rings (SSSR count). The number of hydrogen-bond acceptors (Lipinski definition) is 5. The average Bonchev–Trinajstić information content (AvgIpc) is 3.42. The number of aromatic nitrogens is 2. The fourth-order valence-electron chi connectivity index (χ4n) is 3.57. The molecule has 1 unspecified atom stereocenters. The van der Waals surface area contributed by atoms with Gasteiger partial charge in [-0.05, 0) is 71.8 Å². The van der Waals surface area contributed by atoms with Crippen LogP contribution in [0.2, 0.25) is 0 Å². The molecule has 0 N–H and O–H groups in total. The van der Waals surface area contributed by atoms with Crippen LogP contribution in [0.3, 0.4) is 0 Å². The summed E-state index contributed by atoms with van der Waals surface area (Å²) in [6.07, 6.45) is 4.37. The first-order valence-electron chi connectivity index (χ1n) is 9.80. The molecule has 0 bridgehead atoms. The van der Waals surface area contributed by atoms with Gasteiger partial charge >= 0.3 is 5.63 Å². The number of fused-ring (bicyclic) bond motifs is 1. The van der Waals surface area contributed by atoms with Crippen LogP contribution in [-0.2, 0) is 4.74 Å². The molecule has 1 aliphatic heterocycles.